The number of rotatable bonds is 2. The Labute approximate surface area is 112 Å². The largest absolute Gasteiger partial charge is 0.395 e. The van der Waals surface area contributed by atoms with Crippen LogP contribution in [0.15, 0.2) is 22.8 Å². The van der Waals surface area contributed by atoms with Gasteiger partial charge in [-0.1, -0.05) is 0 Å². The van der Waals surface area contributed by atoms with Crippen LogP contribution >= 0.6 is 15.9 Å². The number of pyridine rings is 1. The van der Waals surface area contributed by atoms with Crippen LogP contribution < -0.4 is 11.1 Å². The zero-order chi connectivity index (χ0) is 13.3. The Kier molecular flexibility index (Phi) is 3.33. The van der Waals surface area contributed by atoms with Gasteiger partial charge in [-0.15, -0.1) is 0 Å². The molecule has 1 amide bonds. The first-order valence-corrected chi connectivity index (χ1v) is 6.00. The number of amides is 1. The normalized spacial score (nSPS) is 10.4. The standard InChI is InChI=1S/C11H12BrN5O/c1-6-9(13)10(17(2)16-6)11(18)15-8-4-3-7(12)5-14-8/h3-5H,13H2,1-2H3,(H,14,15,18). The van der Waals surface area contributed by atoms with Crippen molar-refractivity contribution in [1.82, 2.24) is 14.8 Å². The molecule has 2 rings (SSSR count). The van der Waals surface area contributed by atoms with Crippen LogP contribution in [0.4, 0.5) is 11.5 Å². The van der Waals surface area contributed by atoms with E-state index in [0.717, 1.165) is 4.47 Å². The Morgan fingerprint density at radius 2 is 2.22 bits per heavy atom. The zero-order valence-electron chi connectivity index (χ0n) is 9.94. The van der Waals surface area contributed by atoms with Crippen molar-refractivity contribution in [2.45, 2.75) is 6.92 Å². The highest BCUT2D eigenvalue weighted by Crippen LogP contribution is 2.17. The second kappa shape index (κ2) is 4.77. The van der Waals surface area contributed by atoms with Gasteiger partial charge in [-0.25, -0.2) is 4.98 Å². The number of nitrogens with two attached hydrogens (primary N) is 1. The molecule has 0 saturated heterocycles. The molecule has 0 saturated carbocycles. The molecule has 0 spiro atoms. The summed E-state index contributed by atoms with van der Waals surface area (Å²) in [6.45, 7) is 1.75. The zero-order valence-corrected chi connectivity index (χ0v) is 11.5. The van der Waals surface area contributed by atoms with Crippen molar-refractivity contribution in [1.29, 1.82) is 0 Å². The minimum atomic E-state index is -0.328. The van der Waals surface area contributed by atoms with Gasteiger partial charge >= 0.3 is 0 Å². The third kappa shape index (κ3) is 2.35. The Morgan fingerprint density at radius 1 is 1.50 bits per heavy atom. The highest BCUT2D eigenvalue weighted by molar-refractivity contribution is 9.10. The molecular formula is C11H12BrN5O. The Balaban J connectivity index is 2.24. The Bertz CT molecular complexity index is 590. The topological polar surface area (TPSA) is 85.8 Å². The van der Waals surface area contributed by atoms with Gasteiger partial charge in [0, 0.05) is 17.7 Å². The molecule has 0 aliphatic carbocycles. The molecule has 2 aromatic rings. The summed E-state index contributed by atoms with van der Waals surface area (Å²) in [5.74, 6) is 0.131. The van der Waals surface area contributed by atoms with Crippen molar-refractivity contribution in [3.63, 3.8) is 0 Å². The molecule has 3 N–H and O–H groups in total. The summed E-state index contributed by atoms with van der Waals surface area (Å²) in [4.78, 5) is 16.1. The van der Waals surface area contributed by atoms with E-state index in [9.17, 15) is 4.79 Å². The maximum atomic E-state index is 12.1. The number of aryl methyl sites for hydroxylation is 2. The van der Waals surface area contributed by atoms with E-state index in [4.69, 9.17) is 5.73 Å². The summed E-state index contributed by atoms with van der Waals surface area (Å²) in [7, 11) is 1.67. The summed E-state index contributed by atoms with van der Waals surface area (Å²) in [5, 5.41) is 6.76. The number of carbonyl (C=O) groups excluding carboxylic acids is 1. The van der Waals surface area contributed by atoms with Crippen LogP contribution in [-0.4, -0.2) is 20.7 Å². The van der Waals surface area contributed by atoms with E-state index < -0.39 is 0 Å². The second-order valence-corrected chi connectivity index (χ2v) is 4.70. The summed E-state index contributed by atoms with van der Waals surface area (Å²) in [6.07, 6.45) is 1.60. The maximum Gasteiger partial charge on any atom is 0.277 e. The van der Waals surface area contributed by atoms with Crippen molar-refractivity contribution in [3.05, 3.63) is 34.2 Å². The minimum absolute atomic E-state index is 0.328. The molecule has 6 nitrogen and oxygen atoms in total. The van der Waals surface area contributed by atoms with Crippen molar-refractivity contribution in [2.75, 3.05) is 11.1 Å². The van der Waals surface area contributed by atoms with E-state index in [1.165, 1.54) is 4.68 Å². The molecule has 0 aliphatic rings. The van der Waals surface area contributed by atoms with E-state index in [2.05, 4.69) is 31.3 Å². The van der Waals surface area contributed by atoms with Gasteiger partial charge in [0.05, 0.1) is 11.4 Å². The second-order valence-electron chi connectivity index (χ2n) is 3.79. The van der Waals surface area contributed by atoms with Gasteiger partial charge in [0.2, 0.25) is 0 Å². The van der Waals surface area contributed by atoms with Crippen molar-refractivity contribution in [2.24, 2.45) is 7.05 Å². The average molecular weight is 310 g/mol. The molecule has 0 aromatic carbocycles. The van der Waals surface area contributed by atoms with E-state index in [1.807, 2.05) is 0 Å². The molecule has 0 unspecified atom stereocenters. The summed E-state index contributed by atoms with van der Waals surface area (Å²) < 4.78 is 2.30. The highest BCUT2D eigenvalue weighted by Gasteiger charge is 2.18. The number of hydrogen-bond donors (Lipinski definition) is 2. The molecule has 7 heteroatoms. The maximum absolute atomic E-state index is 12.1. The van der Waals surface area contributed by atoms with Gasteiger partial charge < -0.3 is 11.1 Å². The summed E-state index contributed by atoms with van der Waals surface area (Å²) >= 11 is 3.27. The van der Waals surface area contributed by atoms with Crippen LogP contribution in [-0.2, 0) is 7.05 Å². The van der Waals surface area contributed by atoms with Crippen LogP contribution in [0.3, 0.4) is 0 Å². The number of halogens is 1. The average Bonchev–Trinajstić information content (AvgIpc) is 2.56. The highest BCUT2D eigenvalue weighted by atomic mass is 79.9. The molecule has 0 aliphatic heterocycles. The lowest BCUT2D eigenvalue weighted by atomic mass is 10.3. The van der Waals surface area contributed by atoms with Crippen LogP contribution in [0.5, 0.6) is 0 Å². The first-order valence-electron chi connectivity index (χ1n) is 5.21. The van der Waals surface area contributed by atoms with E-state index in [0.29, 0.717) is 22.9 Å². The molecule has 18 heavy (non-hydrogen) atoms. The van der Waals surface area contributed by atoms with Crippen LogP contribution in [0, 0.1) is 6.92 Å². The minimum Gasteiger partial charge on any atom is -0.395 e. The third-order valence-electron chi connectivity index (χ3n) is 2.45. The monoisotopic (exact) mass is 309 g/mol. The molecular weight excluding hydrogens is 298 g/mol. The first kappa shape index (κ1) is 12.6. The number of anilines is 2. The summed E-state index contributed by atoms with van der Waals surface area (Å²) in [5.41, 5.74) is 7.15. The van der Waals surface area contributed by atoms with Crippen LogP contribution in [0.25, 0.3) is 0 Å². The fourth-order valence-corrected chi connectivity index (χ4v) is 1.80. The molecule has 0 bridgehead atoms. The van der Waals surface area contributed by atoms with Crippen LogP contribution in [0.2, 0.25) is 0 Å². The number of nitrogens with one attached hydrogen (secondary N) is 1. The van der Waals surface area contributed by atoms with Gasteiger partial charge in [-0.05, 0) is 35.0 Å². The lowest BCUT2D eigenvalue weighted by Crippen LogP contribution is -2.18. The third-order valence-corrected chi connectivity index (χ3v) is 2.92. The molecule has 0 radical (unpaired) electrons. The Morgan fingerprint density at radius 3 is 2.72 bits per heavy atom. The van der Waals surface area contributed by atoms with E-state index >= 15 is 0 Å². The number of nitrogen functional groups attached to an aromatic ring is 1. The molecule has 2 aromatic heterocycles. The fraction of sp³-hybridized carbons (Fsp3) is 0.182. The number of aromatic nitrogens is 3. The predicted molar refractivity (Wildman–Crippen MR) is 72.2 cm³/mol. The smallest absolute Gasteiger partial charge is 0.277 e. The number of carbonyl (C=O) groups is 1. The van der Waals surface area contributed by atoms with Crippen molar-refractivity contribution >= 4 is 33.3 Å². The van der Waals surface area contributed by atoms with Crippen molar-refractivity contribution in [3.8, 4) is 0 Å². The lowest BCUT2D eigenvalue weighted by Gasteiger charge is -2.05. The Hall–Kier alpha value is -1.89. The number of hydrogen-bond acceptors (Lipinski definition) is 4. The van der Waals surface area contributed by atoms with Gasteiger partial charge in [0.15, 0.2) is 0 Å². The quantitative estimate of drug-likeness (QED) is 0.884. The van der Waals surface area contributed by atoms with Crippen molar-refractivity contribution < 1.29 is 4.79 Å². The predicted octanol–water partition coefficient (Wildman–Crippen LogP) is 1.72. The van der Waals surface area contributed by atoms with E-state index in [1.54, 1.807) is 32.3 Å². The molecule has 0 fully saturated rings. The first-order chi connectivity index (χ1) is 8.49. The SMILES string of the molecule is Cc1nn(C)c(C(=O)Nc2ccc(Br)cn2)c1N. The van der Waals surface area contributed by atoms with E-state index in [-0.39, 0.29) is 5.91 Å². The molecule has 94 valence electrons. The van der Waals surface area contributed by atoms with Gasteiger partial charge in [-0.2, -0.15) is 5.10 Å². The molecule has 2 heterocycles. The summed E-state index contributed by atoms with van der Waals surface area (Å²) in [6, 6.07) is 3.49. The van der Waals surface area contributed by atoms with Gasteiger partial charge in [-0.3, -0.25) is 9.48 Å². The molecule has 0 atom stereocenters. The van der Waals surface area contributed by atoms with Gasteiger partial charge in [0.25, 0.3) is 5.91 Å². The number of nitrogens with zero attached hydrogens (tertiary/aromatic N) is 3. The fourth-order valence-electron chi connectivity index (χ4n) is 1.57. The van der Waals surface area contributed by atoms with Crippen LogP contribution in [0.1, 0.15) is 16.2 Å². The lowest BCUT2D eigenvalue weighted by molar-refractivity contribution is 0.101. The van der Waals surface area contributed by atoms with Gasteiger partial charge in [0.1, 0.15) is 11.5 Å².